The van der Waals surface area contributed by atoms with E-state index in [-0.39, 0.29) is 4.82 Å². The number of carbonyl (C=O) groups excluding carboxylic acids is 1. The van der Waals surface area contributed by atoms with Crippen LogP contribution in [-0.4, -0.2) is 18.5 Å². The minimum absolute atomic E-state index is 0.220. The van der Waals surface area contributed by atoms with Gasteiger partial charge in [0.25, 0.3) is 4.82 Å². The number of benzene rings is 1. The van der Waals surface area contributed by atoms with Crippen molar-refractivity contribution in [2.45, 2.75) is 6.92 Å². The molecular formula is C10H11BrClNO2. The summed E-state index contributed by atoms with van der Waals surface area (Å²) in [5.74, 6) is 0.623. The van der Waals surface area contributed by atoms with Gasteiger partial charge in [-0.25, -0.2) is 0 Å². The zero-order valence-electron chi connectivity index (χ0n) is 8.46. The molecule has 0 radical (unpaired) electrons. The predicted molar refractivity (Wildman–Crippen MR) is 65.3 cm³/mol. The summed E-state index contributed by atoms with van der Waals surface area (Å²) < 4.78 is 5.28. The number of rotatable bonds is 3. The molecule has 0 aliphatic rings. The number of anilines is 1. The molecule has 0 fully saturated rings. The molecule has 82 valence electrons. The van der Waals surface area contributed by atoms with Crippen molar-refractivity contribution in [1.82, 2.24) is 0 Å². The van der Waals surface area contributed by atoms with Crippen LogP contribution < -0.4 is 9.64 Å². The fourth-order valence-electron chi connectivity index (χ4n) is 1.07. The molecule has 5 heteroatoms. The first-order valence-electron chi connectivity index (χ1n) is 4.41. The van der Waals surface area contributed by atoms with E-state index in [9.17, 15) is 4.79 Å². The van der Waals surface area contributed by atoms with Crippen LogP contribution in [-0.2, 0) is 0 Å². The lowest BCUT2D eigenvalue weighted by atomic mass is 10.3. The summed E-state index contributed by atoms with van der Waals surface area (Å²) in [6.07, 6.45) is 0. The first-order valence-corrected chi connectivity index (χ1v) is 5.59. The molecule has 1 aromatic carbocycles. The highest BCUT2D eigenvalue weighted by molar-refractivity contribution is 9.18. The summed E-state index contributed by atoms with van der Waals surface area (Å²) >= 11 is 8.84. The Bertz CT molecular complexity index is 370. The van der Waals surface area contributed by atoms with Crippen LogP contribution in [0.3, 0.4) is 0 Å². The number of hydrogen-bond acceptors (Lipinski definition) is 2. The number of hydrogen-bond donors (Lipinski definition) is 0. The summed E-state index contributed by atoms with van der Waals surface area (Å²) in [5, 5.41) is 0.495. The molecule has 1 rings (SSSR count). The van der Waals surface area contributed by atoms with Crippen molar-refractivity contribution < 1.29 is 9.53 Å². The Morgan fingerprint density at radius 1 is 1.60 bits per heavy atom. The number of ether oxygens (including phenoxy) is 1. The lowest BCUT2D eigenvalue weighted by molar-refractivity contribution is 0.267. The minimum atomic E-state index is -0.220. The molecular weight excluding hydrogens is 281 g/mol. The highest BCUT2D eigenvalue weighted by Gasteiger charge is 2.09. The molecule has 0 aliphatic carbocycles. The molecule has 3 nitrogen and oxygen atoms in total. The van der Waals surface area contributed by atoms with E-state index in [1.807, 2.05) is 6.92 Å². The third-order valence-electron chi connectivity index (χ3n) is 1.87. The standard InChI is InChI=1S/C10H11BrClNO2/c1-3-15-9-5-4-7(6-8(9)12)13(2)10(11)14/h4-6H,3H2,1-2H3. The lowest BCUT2D eigenvalue weighted by Gasteiger charge is -2.15. The largest absolute Gasteiger partial charge is 0.492 e. The molecule has 0 spiro atoms. The van der Waals surface area contributed by atoms with Crippen LogP contribution in [0.2, 0.25) is 5.02 Å². The molecule has 0 N–H and O–H groups in total. The van der Waals surface area contributed by atoms with E-state index < -0.39 is 0 Å². The van der Waals surface area contributed by atoms with Crippen molar-refractivity contribution in [2.75, 3.05) is 18.6 Å². The van der Waals surface area contributed by atoms with E-state index in [1.165, 1.54) is 4.90 Å². The lowest BCUT2D eigenvalue weighted by Crippen LogP contribution is -2.18. The Morgan fingerprint density at radius 3 is 2.73 bits per heavy atom. The van der Waals surface area contributed by atoms with Crippen molar-refractivity contribution in [3.8, 4) is 5.75 Å². The zero-order chi connectivity index (χ0) is 11.4. The number of carbonyl (C=O) groups is 1. The minimum Gasteiger partial charge on any atom is -0.492 e. The van der Waals surface area contributed by atoms with Gasteiger partial charge in [-0.05, 0) is 25.1 Å². The first kappa shape index (κ1) is 12.3. The summed E-state index contributed by atoms with van der Waals surface area (Å²) in [6.45, 7) is 2.45. The van der Waals surface area contributed by atoms with Crippen LogP contribution in [0.25, 0.3) is 0 Å². The normalized spacial score (nSPS) is 9.87. The highest BCUT2D eigenvalue weighted by atomic mass is 79.9. The topological polar surface area (TPSA) is 29.5 Å². The van der Waals surface area contributed by atoms with Crippen molar-refractivity contribution in [3.63, 3.8) is 0 Å². The predicted octanol–water partition coefficient (Wildman–Crippen LogP) is 3.69. The van der Waals surface area contributed by atoms with Crippen LogP contribution in [0.1, 0.15) is 6.92 Å². The highest BCUT2D eigenvalue weighted by Crippen LogP contribution is 2.29. The summed E-state index contributed by atoms with van der Waals surface area (Å²) in [5.41, 5.74) is 0.713. The maximum absolute atomic E-state index is 11.0. The second-order valence-corrected chi connectivity index (χ2v) is 3.95. The number of nitrogens with zero attached hydrogens (tertiary/aromatic N) is 1. The average molecular weight is 293 g/mol. The molecule has 0 unspecified atom stereocenters. The summed E-state index contributed by atoms with van der Waals surface area (Å²) in [6, 6.07) is 5.20. The first-order chi connectivity index (χ1) is 7.06. The van der Waals surface area contributed by atoms with E-state index in [1.54, 1.807) is 25.2 Å². The molecule has 15 heavy (non-hydrogen) atoms. The number of halogens is 2. The molecule has 0 saturated heterocycles. The van der Waals surface area contributed by atoms with Crippen molar-refractivity contribution in [1.29, 1.82) is 0 Å². The molecule has 0 heterocycles. The van der Waals surface area contributed by atoms with E-state index in [4.69, 9.17) is 16.3 Å². The Balaban J connectivity index is 2.95. The summed E-state index contributed by atoms with van der Waals surface area (Å²) in [7, 11) is 1.66. The van der Waals surface area contributed by atoms with Gasteiger partial charge in [-0.2, -0.15) is 0 Å². The second-order valence-electron chi connectivity index (χ2n) is 2.86. The van der Waals surface area contributed by atoms with Gasteiger partial charge in [0.05, 0.1) is 11.6 Å². The third kappa shape index (κ3) is 3.11. The fourth-order valence-corrected chi connectivity index (χ4v) is 1.51. The molecule has 0 aromatic heterocycles. The Morgan fingerprint density at radius 2 is 2.27 bits per heavy atom. The van der Waals surface area contributed by atoms with Crippen LogP contribution in [0, 0.1) is 0 Å². The van der Waals surface area contributed by atoms with Crippen LogP contribution in [0.5, 0.6) is 5.75 Å². The SMILES string of the molecule is CCOc1ccc(N(C)C(=O)Br)cc1Cl. The van der Waals surface area contributed by atoms with E-state index >= 15 is 0 Å². The van der Waals surface area contributed by atoms with E-state index in [2.05, 4.69) is 15.9 Å². The second kappa shape index (κ2) is 5.37. The van der Waals surface area contributed by atoms with Gasteiger partial charge in [-0.3, -0.25) is 4.79 Å². The third-order valence-corrected chi connectivity index (χ3v) is 2.69. The average Bonchev–Trinajstić information content (AvgIpc) is 2.20. The van der Waals surface area contributed by atoms with Gasteiger partial charge in [0, 0.05) is 28.7 Å². The Labute approximate surface area is 102 Å². The monoisotopic (exact) mass is 291 g/mol. The molecule has 1 aromatic rings. The molecule has 1 amide bonds. The Kier molecular flexibility index (Phi) is 4.42. The van der Waals surface area contributed by atoms with Gasteiger partial charge in [0.15, 0.2) is 0 Å². The fraction of sp³-hybridized carbons (Fsp3) is 0.300. The Hall–Kier alpha value is -0.740. The van der Waals surface area contributed by atoms with Crippen molar-refractivity contribution in [2.24, 2.45) is 0 Å². The van der Waals surface area contributed by atoms with E-state index in [0.717, 1.165) is 0 Å². The summed E-state index contributed by atoms with van der Waals surface area (Å²) in [4.78, 5) is 12.3. The van der Waals surface area contributed by atoms with Crippen molar-refractivity contribution >= 4 is 38.0 Å². The van der Waals surface area contributed by atoms with Gasteiger partial charge in [0.1, 0.15) is 5.75 Å². The molecule has 0 aliphatic heterocycles. The maximum atomic E-state index is 11.0. The van der Waals surface area contributed by atoms with Crippen molar-refractivity contribution in [3.05, 3.63) is 23.2 Å². The van der Waals surface area contributed by atoms with Gasteiger partial charge >= 0.3 is 0 Å². The van der Waals surface area contributed by atoms with Gasteiger partial charge < -0.3 is 9.64 Å². The molecule has 0 bridgehead atoms. The quantitative estimate of drug-likeness (QED) is 0.628. The maximum Gasteiger partial charge on any atom is 0.293 e. The molecule has 0 saturated carbocycles. The van der Waals surface area contributed by atoms with Gasteiger partial charge in [-0.1, -0.05) is 11.6 Å². The van der Waals surface area contributed by atoms with Crippen LogP contribution in [0.15, 0.2) is 18.2 Å². The van der Waals surface area contributed by atoms with Crippen LogP contribution >= 0.6 is 27.5 Å². The number of amides is 1. The van der Waals surface area contributed by atoms with Gasteiger partial charge in [0.2, 0.25) is 0 Å². The smallest absolute Gasteiger partial charge is 0.293 e. The zero-order valence-corrected chi connectivity index (χ0v) is 10.8. The van der Waals surface area contributed by atoms with Gasteiger partial charge in [-0.15, -0.1) is 0 Å². The van der Waals surface area contributed by atoms with E-state index in [0.29, 0.717) is 23.1 Å². The van der Waals surface area contributed by atoms with Crippen LogP contribution in [0.4, 0.5) is 10.5 Å². The molecule has 0 atom stereocenters.